The third kappa shape index (κ3) is 5.26. The number of amides is 1. The lowest BCUT2D eigenvalue weighted by Crippen LogP contribution is -2.24. The standard InChI is InChI=1S/C33H22Cl2N2O2/c34-24-11-17-30(35)29(21-24)32-18-16-28(39-32)19-23-20-31(22-7-3-1-4-8-22)37(33(23)38)27-14-12-26(13-15-27)36-25-9-5-2-6-10-25/h1-21,36H. The summed E-state index contributed by atoms with van der Waals surface area (Å²) in [5.41, 5.74) is 5.63. The fourth-order valence-corrected chi connectivity index (χ4v) is 4.87. The van der Waals surface area contributed by atoms with E-state index in [0.29, 0.717) is 32.7 Å². The highest BCUT2D eigenvalue weighted by Gasteiger charge is 2.30. The smallest absolute Gasteiger partial charge is 0.263 e. The quantitative estimate of drug-likeness (QED) is 0.215. The number of para-hydroxylation sites is 1. The van der Waals surface area contributed by atoms with Gasteiger partial charge in [0.15, 0.2) is 0 Å². The minimum Gasteiger partial charge on any atom is -0.457 e. The fourth-order valence-electron chi connectivity index (χ4n) is 4.49. The van der Waals surface area contributed by atoms with Crippen LogP contribution in [0.1, 0.15) is 11.3 Å². The normalized spacial score (nSPS) is 14.1. The minimum absolute atomic E-state index is 0.142. The largest absolute Gasteiger partial charge is 0.457 e. The van der Waals surface area contributed by atoms with Crippen LogP contribution in [0.5, 0.6) is 0 Å². The molecule has 2 heterocycles. The molecule has 0 atom stereocenters. The Labute approximate surface area is 236 Å². The van der Waals surface area contributed by atoms with E-state index in [2.05, 4.69) is 5.32 Å². The molecule has 190 valence electrons. The maximum Gasteiger partial charge on any atom is 0.263 e. The lowest BCUT2D eigenvalue weighted by Gasteiger charge is -2.21. The first-order valence-electron chi connectivity index (χ1n) is 12.4. The van der Waals surface area contributed by atoms with Crippen molar-refractivity contribution in [2.45, 2.75) is 0 Å². The lowest BCUT2D eigenvalue weighted by molar-refractivity contribution is -0.113. The molecule has 6 rings (SSSR count). The molecule has 0 radical (unpaired) electrons. The average Bonchev–Trinajstić information content (AvgIpc) is 3.56. The van der Waals surface area contributed by atoms with Crippen molar-refractivity contribution >= 4 is 57.9 Å². The van der Waals surface area contributed by atoms with Gasteiger partial charge in [0.1, 0.15) is 11.5 Å². The van der Waals surface area contributed by atoms with Gasteiger partial charge in [-0.15, -0.1) is 0 Å². The van der Waals surface area contributed by atoms with Gasteiger partial charge >= 0.3 is 0 Å². The number of carbonyl (C=O) groups excluding carboxylic acids is 1. The predicted octanol–water partition coefficient (Wildman–Crippen LogP) is 9.47. The topological polar surface area (TPSA) is 45.5 Å². The Morgan fingerprint density at radius 2 is 1.44 bits per heavy atom. The van der Waals surface area contributed by atoms with Crippen LogP contribution < -0.4 is 10.2 Å². The van der Waals surface area contributed by atoms with E-state index in [-0.39, 0.29) is 5.91 Å². The number of nitrogens with zero attached hydrogens (tertiary/aromatic N) is 1. The van der Waals surface area contributed by atoms with Crippen LogP contribution in [0.15, 0.2) is 131 Å². The number of hydrogen-bond donors (Lipinski definition) is 1. The van der Waals surface area contributed by atoms with E-state index in [1.165, 1.54) is 0 Å². The first kappa shape index (κ1) is 24.8. The van der Waals surface area contributed by atoms with E-state index in [9.17, 15) is 4.79 Å². The third-order valence-corrected chi connectivity index (χ3v) is 6.92. The molecule has 39 heavy (non-hydrogen) atoms. The van der Waals surface area contributed by atoms with Gasteiger partial charge in [0, 0.05) is 33.2 Å². The Balaban J connectivity index is 1.33. The molecule has 4 nitrogen and oxygen atoms in total. The van der Waals surface area contributed by atoms with E-state index in [1.807, 2.05) is 103 Å². The van der Waals surface area contributed by atoms with Crippen LogP contribution in [0.2, 0.25) is 10.0 Å². The predicted molar refractivity (Wildman–Crippen MR) is 160 cm³/mol. The number of carbonyl (C=O) groups is 1. The van der Waals surface area contributed by atoms with Crippen molar-refractivity contribution in [2.75, 3.05) is 10.2 Å². The summed E-state index contributed by atoms with van der Waals surface area (Å²) < 4.78 is 6.04. The highest BCUT2D eigenvalue weighted by atomic mass is 35.5. The Hall–Kier alpha value is -4.51. The van der Waals surface area contributed by atoms with Crippen LogP contribution in [-0.4, -0.2) is 5.91 Å². The first-order valence-corrected chi connectivity index (χ1v) is 13.1. The number of halogens is 2. The number of furan rings is 1. The third-order valence-electron chi connectivity index (χ3n) is 6.36. The number of hydrogen-bond acceptors (Lipinski definition) is 3. The van der Waals surface area contributed by atoms with E-state index in [1.54, 1.807) is 29.2 Å². The Morgan fingerprint density at radius 1 is 0.744 bits per heavy atom. The Bertz CT molecular complexity index is 1710. The lowest BCUT2D eigenvalue weighted by atomic mass is 10.1. The second kappa shape index (κ2) is 10.7. The highest BCUT2D eigenvalue weighted by molar-refractivity contribution is 6.35. The summed E-state index contributed by atoms with van der Waals surface area (Å²) in [6, 6.07) is 36.5. The van der Waals surface area contributed by atoms with Crippen molar-refractivity contribution in [2.24, 2.45) is 0 Å². The summed E-state index contributed by atoms with van der Waals surface area (Å²) in [7, 11) is 0. The van der Waals surface area contributed by atoms with Crippen molar-refractivity contribution in [3.8, 4) is 11.3 Å². The van der Waals surface area contributed by atoms with Gasteiger partial charge in [-0.1, -0.05) is 71.7 Å². The first-order chi connectivity index (χ1) is 19.0. The molecule has 0 unspecified atom stereocenters. The van der Waals surface area contributed by atoms with Crippen molar-refractivity contribution in [1.82, 2.24) is 0 Å². The van der Waals surface area contributed by atoms with Crippen LogP contribution in [0.4, 0.5) is 17.1 Å². The molecular weight excluding hydrogens is 527 g/mol. The van der Waals surface area contributed by atoms with Crippen molar-refractivity contribution < 1.29 is 9.21 Å². The molecule has 0 saturated carbocycles. The molecule has 1 aliphatic heterocycles. The van der Waals surface area contributed by atoms with Crippen LogP contribution in [0, 0.1) is 0 Å². The van der Waals surface area contributed by atoms with Crippen LogP contribution in [-0.2, 0) is 4.79 Å². The van der Waals surface area contributed by atoms with Crippen LogP contribution in [0.3, 0.4) is 0 Å². The summed E-state index contributed by atoms with van der Waals surface area (Å²) in [5.74, 6) is 0.971. The van der Waals surface area contributed by atoms with Gasteiger partial charge in [0.25, 0.3) is 5.91 Å². The van der Waals surface area contributed by atoms with E-state index >= 15 is 0 Å². The summed E-state index contributed by atoms with van der Waals surface area (Å²) >= 11 is 12.5. The molecule has 0 saturated heterocycles. The molecule has 0 fully saturated rings. The molecule has 6 heteroatoms. The Morgan fingerprint density at radius 3 is 2.18 bits per heavy atom. The van der Waals surface area contributed by atoms with Gasteiger partial charge < -0.3 is 9.73 Å². The maximum absolute atomic E-state index is 13.8. The minimum atomic E-state index is -0.142. The summed E-state index contributed by atoms with van der Waals surface area (Å²) in [6.07, 6.45) is 3.64. The van der Waals surface area contributed by atoms with Crippen LogP contribution >= 0.6 is 23.2 Å². The number of rotatable bonds is 6. The maximum atomic E-state index is 13.8. The van der Waals surface area contributed by atoms with Crippen molar-refractivity contribution in [3.05, 3.63) is 148 Å². The fraction of sp³-hybridized carbons (Fsp3) is 0. The second-order valence-electron chi connectivity index (χ2n) is 9.00. The second-order valence-corrected chi connectivity index (χ2v) is 9.84. The van der Waals surface area contributed by atoms with Gasteiger partial charge in [0.2, 0.25) is 0 Å². The zero-order valence-electron chi connectivity index (χ0n) is 20.6. The molecule has 0 aliphatic carbocycles. The summed E-state index contributed by atoms with van der Waals surface area (Å²) in [4.78, 5) is 15.5. The zero-order valence-corrected chi connectivity index (χ0v) is 22.2. The molecule has 1 aliphatic rings. The number of benzene rings is 4. The van der Waals surface area contributed by atoms with Gasteiger partial charge in [0.05, 0.1) is 10.7 Å². The number of anilines is 3. The molecule has 4 aromatic carbocycles. The van der Waals surface area contributed by atoms with Crippen LogP contribution in [0.25, 0.3) is 23.1 Å². The molecule has 0 bridgehead atoms. The zero-order chi connectivity index (χ0) is 26.8. The number of nitrogens with one attached hydrogen (secondary N) is 1. The van der Waals surface area contributed by atoms with Gasteiger partial charge in [-0.05, 0) is 84.4 Å². The van der Waals surface area contributed by atoms with Gasteiger partial charge in [-0.2, -0.15) is 0 Å². The summed E-state index contributed by atoms with van der Waals surface area (Å²) in [5, 5.41) is 4.48. The SMILES string of the molecule is O=C1C(=Cc2ccc(-c3cc(Cl)ccc3Cl)o2)C=C(c2ccccc2)N1c1ccc(Nc2ccccc2)cc1. The molecule has 1 N–H and O–H groups in total. The highest BCUT2D eigenvalue weighted by Crippen LogP contribution is 2.37. The van der Waals surface area contributed by atoms with Gasteiger partial charge in [-0.3, -0.25) is 9.69 Å². The monoisotopic (exact) mass is 548 g/mol. The van der Waals surface area contributed by atoms with E-state index < -0.39 is 0 Å². The van der Waals surface area contributed by atoms with Crippen molar-refractivity contribution in [3.63, 3.8) is 0 Å². The molecule has 1 aromatic heterocycles. The average molecular weight is 549 g/mol. The summed E-state index contributed by atoms with van der Waals surface area (Å²) in [6.45, 7) is 0. The molecular formula is C33H22Cl2N2O2. The van der Waals surface area contributed by atoms with E-state index in [4.69, 9.17) is 27.6 Å². The van der Waals surface area contributed by atoms with Gasteiger partial charge in [-0.25, -0.2) is 0 Å². The Kier molecular flexibility index (Phi) is 6.80. The van der Waals surface area contributed by atoms with Crippen molar-refractivity contribution in [1.29, 1.82) is 0 Å². The molecule has 5 aromatic rings. The molecule has 0 spiro atoms. The van der Waals surface area contributed by atoms with E-state index in [0.717, 1.165) is 28.3 Å². The molecule has 1 amide bonds.